The van der Waals surface area contributed by atoms with E-state index >= 15 is 0 Å². The summed E-state index contributed by atoms with van der Waals surface area (Å²) >= 11 is 5.04. The number of pyridine rings is 1. The Morgan fingerprint density at radius 3 is 2.58 bits per heavy atom. The fraction of sp³-hybridized carbons (Fsp3) is 0.143. The zero-order valence-corrected chi connectivity index (χ0v) is 11.3. The van der Waals surface area contributed by atoms with Gasteiger partial charge in [-0.1, -0.05) is 12.2 Å². The van der Waals surface area contributed by atoms with Crippen LogP contribution in [0.4, 0.5) is 15.9 Å². The minimum absolute atomic E-state index is 0.268. The number of rotatable bonds is 4. The fourth-order valence-corrected chi connectivity index (χ4v) is 2.04. The molecule has 0 radical (unpaired) electrons. The van der Waals surface area contributed by atoms with Crippen molar-refractivity contribution in [3.8, 4) is 0 Å². The summed E-state index contributed by atoms with van der Waals surface area (Å²) in [5.74, 6) is 0.416. The lowest BCUT2D eigenvalue weighted by Gasteiger charge is -2.24. The van der Waals surface area contributed by atoms with Crippen LogP contribution < -0.4 is 10.6 Å². The maximum absolute atomic E-state index is 13.0. The van der Waals surface area contributed by atoms with E-state index in [0.29, 0.717) is 22.9 Å². The first-order chi connectivity index (χ1) is 9.13. The molecule has 0 spiro atoms. The van der Waals surface area contributed by atoms with Crippen LogP contribution in [0.15, 0.2) is 42.6 Å². The second kappa shape index (κ2) is 5.75. The highest BCUT2D eigenvalue weighted by atomic mass is 32.1. The summed E-state index contributed by atoms with van der Waals surface area (Å²) in [6.07, 6.45) is 1.68. The van der Waals surface area contributed by atoms with Gasteiger partial charge in [0.2, 0.25) is 0 Å². The van der Waals surface area contributed by atoms with Crippen molar-refractivity contribution in [1.29, 1.82) is 0 Å². The number of anilines is 2. The molecule has 0 aliphatic carbocycles. The maximum Gasteiger partial charge on any atom is 0.143 e. The number of hydrogen-bond donors (Lipinski definition) is 1. The molecule has 2 aromatic rings. The van der Waals surface area contributed by atoms with Crippen LogP contribution in [-0.4, -0.2) is 16.5 Å². The molecule has 1 aromatic heterocycles. The van der Waals surface area contributed by atoms with Gasteiger partial charge in [0, 0.05) is 18.4 Å². The minimum atomic E-state index is -0.268. The molecule has 0 fully saturated rings. The van der Waals surface area contributed by atoms with Crippen LogP contribution in [0, 0.1) is 5.82 Å². The largest absolute Gasteiger partial charge is 0.389 e. The molecular weight excluding hydrogens is 261 g/mol. The molecule has 2 rings (SSSR count). The van der Waals surface area contributed by atoms with Crippen molar-refractivity contribution >= 4 is 28.7 Å². The molecule has 0 amide bonds. The van der Waals surface area contributed by atoms with Crippen molar-refractivity contribution in [2.24, 2.45) is 5.73 Å². The monoisotopic (exact) mass is 275 g/mol. The van der Waals surface area contributed by atoms with Crippen LogP contribution in [0.3, 0.4) is 0 Å². The summed E-state index contributed by atoms with van der Waals surface area (Å²) in [5.41, 5.74) is 7.27. The molecule has 5 heteroatoms. The lowest BCUT2D eigenvalue weighted by molar-refractivity contribution is 0.628. The first kappa shape index (κ1) is 13.4. The van der Waals surface area contributed by atoms with Crippen molar-refractivity contribution in [2.45, 2.75) is 6.92 Å². The van der Waals surface area contributed by atoms with Gasteiger partial charge in [-0.25, -0.2) is 9.37 Å². The van der Waals surface area contributed by atoms with Crippen LogP contribution >= 0.6 is 12.2 Å². The predicted octanol–water partition coefficient (Wildman–Crippen LogP) is 3.01. The van der Waals surface area contributed by atoms with Crippen molar-refractivity contribution in [1.82, 2.24) is 4.98 Å². The highest BCUT2D eigenvalue weighted by Crippen LogP contribution is 2.26. The third kappa shape index (κ3) is 2.88. The highest BCUT2D eigenvalue weighted by Gasteiger charge is 2.14. The van der Waals surface area contributed by atoms with Crippen molar-refractivity contribution in [3.63, 3.8) is 0 Å². The van der Waals surface area contributed by atoms with Gasteiger partial charge in [0.05, 0.1) is 5.56 Å². The zero-order chi connectivity index (χ0) is 13.8. The third-order valence-corrected chi connectivity index (χ3v) is 2.98. The number of hydrogen-bond acceptors (Lipinski definition) is 3. The van der Waals surface area contributed by atoms with Crippen LogP contribution in [0.25, 0.3) is 0 Å². The van der Waals surface area contributed by atoms with E-state index in [9.17, 15) is 4.39 Å². The Balaban J connectivity index is 2.48. The summed E-state index contributed by atoms with van der Waals surface area (Å²) < 4.78 is 13.0. The van der Waals surface area contributed by atoms with Gasteiger partial charge in [-0.15, -0.1) is 0 Å². The van der Waals surface area contributed by atoms with E-state index < -0.39 is 0 Å². The summed E-state index contributed by atoms with van der Waals surface area (Å²) in [7, 11) is 0. The van der Waals surface area contributed by atoms with Gasteiger partial charge in [-0.2, -0.15) is 0 Å². The Hall–Kier alpha value is -2.01. The van der Waals surface area contributed by atoms with Gasteiger partial charge < -0.3 is 10.6 Å². The lowest BCUT2D eigenvalue weighted by atomic mass is 10.2. The summed E-state index contributed by atoms with van der Waals surface area (Å²) in [4.78, 5) is 6.57. The van der Waals surface area contributed by atoms with E-state index in [-0.39, 0.29) is 5.82 Å². The Morgan fingerprint density at radius 1 is 1.32 bits per heavy atom. The first-order valence-electron chi connectivity index (χ1n) is 5.91. The van der Waals surface area contributed by atoms with Gasteiger partial charge in [0.15, 0.2) is 0 Å². The molecule has 0 saturated carbocycles. The Kier molecular flexibility index (Phi) is 4.06. The normalized spacial score (nSPS) is 10.2. The number of halogens is 1. The molecule has 0 bridgehead atoms. The smallest absolute Gasteiger partial charge is 0.143 e. The van der Waals surface area contributed by atoms with Crippen molar-refractivity contribution in [2.75, 3.05) is 11.4 Å². The molecule has 19 heavy (non-hydrogen) atoms. The molecular formula is C14H14FN3S. The van der Waals surface area contributed by atoms with E-state index in [1.165, 1.54) is 12.1 Å². The molecule has 0 atom stereocenters. The SMILES string of the molecule is CCN(c1ccc(F)cc1)c1ncccc1C(N)=S. The van der Waals surface area contributed by atoms with Crippen LogP contribution in [0.5, 0.6) is 0 Å². The number of nitrogens with zero attached hydrogens (tertiary/aromatic N) is 2. The Labute approximate surface area is 116 Å². The molecule has 98 valence electrons. The molecule has 2 N–H and O–H groups in total. The van der Waals surface area contributed by atoms with E-state index in [0.717, 1.165) is 5.69 Å². The molecule has 0 aliphatic rings. The first-order valence-corrected chi connectivity index (χ1v) is 6.32. The summed E-state index contributed by atoms with van der Waals surface area (Å²) in [6, 6.07) is 9.86. The lowest BCUT2D eigenvalue weighted by Crippen LogP contribution is -2.22. The highest BCUT2D eigenvalue weighted by molar-refractivity contribution is 7.80. The van der Waals surface area contributed by atoms with E-state index in [1.807, 2.05) is 17.9 Å². The maximum atomic E-state index is 13.0. The van der Waals surface area contributed by atoms with Crippen LogP contribution in [-0.2, 0) is 0 Å². The van der Waals surface area contributed by atoms with Crippen LogP contribution in [0.1, 0.15) is 12.5 Å². The number of thiocarbonyl (C=S) groups is 1. The molecule has 3 nitrogen and oxygen atoms in total. The van der Waals surface area contributed by atoms with Gasteiger partial charge in [0.1, 0.15) is 16.6 Å². The van der Waals surface area contributed by atoms with Gasteiger partial charge in [-0.05, 0) is 43.3 Å². The van der Waals surface area contributed by atoms with Crippen molar-refractivity contribution < 1.29 is 4.39 Å². The van der Waals surface area contributed by atoms with Gasteiger partial charge in [0.25, 0.3) is 0 Å². The zero-order valence-electron chi connectivity index (χ0n) is 10.5. The van der Waals surface area contributed by atoms with E-state index in [2.05, 4.69) is 4.98 Å². The average molecular weight is 275 g/mol. The molecule has 0 aliphatic heterocycles. The standard InChI is InChI=1S/C14H14FN3S/c1-2-18(11-7-5-10(15)6-8-11)14-12(13(16)19)4-3-9-17-14/h3-9H,2H2,1H3,(H2,16,19). The Bertz CT molecular complexity index is 583. The summed E-state index contributed by atoms with van der Waals surface area (Å²) in [6.45, 7) is 2.67. The van der Waals surface area contributed by atoms with Gasteiger partial charge in [-0.3, -0.25) is 0 Å². The van der Waals surface area contributed by atoms with Crippen LogP contribution in [0.2, 0.25) is 0 Å². The number of aromatic nitrogens is 1. The topological polar surface area (TPSA) is 42.2 Å². The second-order valence-corrected chi connectivity index (χ2v) is 4.40. The van der Waals surface area contributed by atoms with E-state index in [1.54, 1.807) is 24.4 Å². The fourth-order valence-electron chi connectivity index (χ4n) is 1.88. The third-order valence-electron chi connectivity index (χ3n) is 2.76. The van der Waals surface area contributed by atoms with Gasteiger partial charge >= 0.3 is 0 Å². The minimum Gasteiger partial charge on any atom is -0.389 e. The molecule has 1 heterocycles. The van der Waals surface area contributed by atoms with Crippen molar-refractivity contribution in [3.05, 3.63) is 54.0 Å². The Morgan fingerprint density at radius 2 is 2.00 bits per heavy atom. The predicted molar refractivity (Wildman–Crippen MR) is 79.2 cm³/mol. The second-order valence-electron chi connectivity index (χ2n) is 3.96. The summed E-state index contributed by atoms with van der Waals surface area (Å²) in [5, 5.41) is 0. The molecule has 1 aromatic carbocycles. The molecule has 0 saturated heterocycles. The average Bonchev–Trinajstić information content (AvgIpc) is 2.42. The number of nitrogens with two attached hydrogens (primary N) is 1. The number of benzene rings is 1. The quantitative estimate of drug-likeness (QED) is 0.871. The van der Waals surface area contributed by atoms with E-state index in [4.69, 9.17) is 18.0 Å². The molecule has 0 unspecified atom stereocenters.